The topological polar surface area (TPSA) is 50.7 Å². The van der Waals surface area contributed by atoms with Crippen LogP contribution in [0.4, 0.5) is 5.69 Å². The third-order valence-corrected chi connectivity index (χ3v) is 4.04. The van der Waals surface area contributed by atoms with E-state index in [0.29, 0.717) is 10.0 Å². The molecule has 0 aliphatic rings. The Morgan fingerprint density at radius 2 is 1.91 bits per heavy atom. The summed E-state index contributed by atoms with van der Waals surface area (Å²) in [6.45, 7) is 0.252. The van der Waals surface area contributed by atoms with E-state index in [4.69, 9.17) is 28.0 Å². The fraction of sp³-hybridized carbons (Fsp3) is 0.125. The molecular weight excluding hydrogens is 403 g/mol. The molecule has 23 heavy (non-hydrogen) atoms. The Hall–Kier alpha value is -1.56. The average molecular weight is 416 g/mol. The van der Waals surface area contributed by atoms with Crippen molar-refractivity contribution >= 4 is 56.9 Å². The molecule has 0 saturated heterocycles. The first kappa shape index (κ1) is 17.8. The van der Waals surface area contributed by atoms with Crippen molar-refractivity contribution in [2.24, 2.45) is 5.16 Å². The fourth-order valence-corrected chi connectivity index (χ4v) is 2.24. The summed E-state index contributed by atoms with van der Waals surface area (Å²) < 4.78 is 0.952. The molecule has 2 aromatic carbocycles. The minimum absolute atomic E-state index is 0.122. The number of oxime groups is 1. The zero-order valence-electron chi connectivity index (χ0n) is 11.9. The molecule has 0 atom stereocenters. The van der Waals surface area contributed by atoms with Crippen LogP contribution in [0.15, 0.2) is 52.1 Å². The number of anilines is 1. The van der Waals surface area contributed by atoms with Crippen LogP contribution in [0, 0.1) is 0 Å². The highest BCUT2D eigenvalue weighted by Gasteiger charge is 2.01. The van der Waals surface area contributed by atoms with Gasteiger partial charge in [-0.15, -0.1) is 0 Å². The lowest BCUT2D eigenvalue weighted by Crippen LogP contribution is -2.11. The van der Waals surface area contributed by atoms with Gasteiger partial charge in [-0.3, -0.25) is 4.79 Å². The van der Waals surface area contributed by atoms with Crippen LogP contribution in [0.2, 0.25) is 10.0 Å². The van der Waals surface area contributed by atoms with Gasteiger partial charge in [0.1, 0.15) is 6.61 Å². The number of halogens is 3. The van der Waals surface area contributed by atoms with Crippen LogP contribution in [0.25, 0.3) is 0 Å². The van der Waals surface area contributed by atoms with Gasteiger partial charge in [-0.2, -0.15) is 0 Å². The molecule has 7 heteroatoms. The van der Waals surface area contributed by atoms with E-state index in [0.717, 1.165) is 15.7 Å². The highest BCUT2D eigenvalue weighted by atomic mass is 79.9. The largest absolute Gasteiger partial charge is 0.391 e. The first-order valence-electron chi connectivity index (χ1n) is 6.68. The Bertz CT molecular complexity index is 706. The van der Waals surface area contributed by atoms with E-state index in [1.165, 1.54) is 6.21 Å². The van der Waals surface area contributed by atoms with Crippen LogP contribution in [-0.4, -0.2) is 12.1 Å². The van der Waals surface area contributed by atoms with Gasteiger partial charge < -0.3 is 10.2 Å². The maximum atomic E-state index is 11.7. The van der Waals surface area contributed by atoms with Gasteiger partial charge in [0, 0.05) is 10.2 Å². The van der Waals surface area contributed by atoms with E-state index >= 15 is 0 Å². The number of nitrogens with zero attached hydrogens (tertiary/aromatic N) is 1. The number of hydrogen-bond donors (Lipinski definition) is 1. The lowest BCUT2D eigenvalue weighted by atomic mass is 10.2. The molecule has 0 aromatic heterocycles. The fourth-order valence-electron chi connectivity index (χ4n) is 1.66. The van der Waals surface area contributed by atoms with Gasteiger partial charge in [-0.05, 0) is 42.0 Å². The SMILES string of the molecule is O=C(C/C=N\OCc1ccc(Cl)c(Cl)c1)Nc1ccc(Br)cc1. The highest BCUT2D eigenvalue weighted by Crippen LogP contribution is 2.22. The van der Waals surface area contributed by atoms with Crippen LogP contribution in [0.1, 0.15) is 12.0 Å². The first-order valence-corrected chi connectivity index (χ1v) is 8.22. The summed E-state index contributed by atoms with van der Waals surface area (Å²) in [6.07, 6.45) is 1.53. The highest BCUT2D eigenvalue weighted by molar-refractivity contribution is 9.10. The summed E-state index contributed by atoms with van der Waals surface area (Å²) >= 11 is 15.1. The molecule has 0 unspecified atom stereocenters. The number of amides is 1. The average Bonchev–Trinajstić information content (AvgIpc) is 2.53. The summed E-state index contributed by atoms with van der Waals surface area (Å²) in [5.74, 6) is -0.172. The minimum Gasteiger partial charge on any atom is -0.391 e. The molecule has 0 saturated carbocycles. The second kappa shape index (κ2) is 8.91. The van der Waals surface area contributed by atoms with E-state index in [-0.39, 0.29) is 18.9 Å². The van der Waals surface area contributed by atoms with Crippen molar-refractivity contribution in [1.82, 2.24) is 0 Å². The molecular formula is C16H13BrCl2N2O2. The van der Waals surface area contributed by atoms with Crippen molar-refractivity contribution < 1.29 is 9.63 Å². The third kappa shape index (κ3) is 6.22. The molecule has 0 fully saturated rings. The standard InChI is InChI=1S/C16H13BrCl2N2O2/c17-12-2-4-13(5-3-12)21-16(22)7-8-20-23-10-11-1-6-14(18)15(19)9-11/h1-6,8-9H,7,10H2,(H,21,22)/b20-8-. The summed E-state index contributed by atoms with van der Waals surface area (Å²) in [7, 11) is 0. The Morgan fingerprint density at radius 1 is 1.17 bits per heavy atom. The van der Waals surface area contributed by atoms with E-state index in [1.807, 2.05) is 12.1 Å². The van der Waals surface area contributed by atoms with Gasteiger partial charge >= 0.3 is 0 Å². The number of nitrogens with one attached hydrogen (secondary N) is 1. The number of carbonyl (C=O) groups excluding carboxylic acids is 1. The molecule has 0 radical (unpaired) electrons. The minimum atomic E-state index is -0.172. The van der Waals surface area contributed by atoms with Crippen LogP contribution in [0.5, 0.6) is 0 Å². The van der Waals surface area contributed by atoms with E-state index in [9.17, 15) is 4.79 Å². The van der Waals surface area contributed by atoms with E-state index < -0.39 is 0 Å². The van der Waals surface area contributed by atoms with Crippen LogP contribution in [0.3, 0.4) is 0 Å². The maximum Gasteiger partial charge on any atom is 0.229 e. The van der Waals surface area contributed by atoms with Gasteiger partial charge in [0.2, 0.25) is 5.91 Å². The summed E-state index contributed by atoms with van der Waals surface area (Å²) in [6, 6.07) is 12.5. The van der Waals surface area contributed by atoms with Crippen molar-refractivity contribution in [3.05, 3.63) is 62.5 Å². The number of hydrogen-bond acceptors (Lipinski definition) is 3. The number of benzene rings is 2. The van der Waals surface area contributed by atoms with Gasteiger partial charge in [-0.1, -0.05) is 50.4 Å². The second-order valence-corrected chi connectivity index (χ2v) is 6.30. The Labute approximate surface area is 152 Å². The molecule has 2 rings (SSSR count). The van der Waals surface area contributed by atoms with Crippen LogP contribution < -0.4 is 5.32 Å². The quantitative estimate of drug-likeness (QED) is 0.514. The van der Waals surface area contributed by atoms with Crippen LogP contribution >= 0.6 is 39.1 Å². The Morgan fingerprint density at radius 3 is 2.61 bits per heavy atom. The predicted octanol–water partition coefficient (Wildman–Crippen LogP) is 5.29. The number of carbonyl (C=O) groups is 1. The van der Waals surface area contributed by atoms with Gasteiger partial charge in [0.15, 0.2) is 0 Å². The molecule has 1 amide bonds. The monoisotopic (exact) mass is 414 g/mol. The van der Waals surface area contributed by atoms with Crippen molar-refractivity contribution in [2.75, 3.05) is 5.32 Å². The van der Waals surface area contributed by atoms with E-state index in [1.54, 1.807) is 30.3 Å². The molecule has 0 aliphatic heterocycles. The van der Waals surface area contributed by atoms with Crippen molar-refractivity contribution in [2.45, 2.75) is 13.0 Å². The third-order valence-electron chi connectivity index (χ3n) is 2.77. The van der Waals surface area contributed by atoms with E-state index in [2.05, 4.69) is 26.4 Å². The van der Waals surface area contributed by atoms with Gasteiger partial charge in [-0.25, -0.2) is 0 Å². The van der Waals surface area contributed by atoms with Gasteiger partial charge in [0.05, 0.1) is 22.7 Å². The second-order valence-electron chi connectivity index (χ2n) is 4.57. The smallest absolute Gasteiger partial charge is 0.229 e. The molecule has 0 aliphatic carbocycles. The molecule has 1 N–H and O–H groups in total. The Balaban J connectivity index is 1.72. The summed E-state index contributed by atoms with van der Waals surface area (Å²) in [5.41, 5.74) is 1.57. The normalized spacial score (nSPS) is 10.7. The number of rotatable bonds is 6. The molecule has 0 heterocycles. The molecule has 4 nitrogen and oxygen atoms in total. The molecule has 2 aromatic rings. The van der Waals surface area contributed by atoms with Crippen molar-refractivity contribution in [3.63, 3.8) is 0 Å². The summed E-state index contributed by atoms with van der Waals surface area (Å²) in [5, 5.41) is 7.45. The van der Waals surface area contributed by atoms with Gasteiger partial charge in [0.25, 0.3) is 0 Å². The first-order chi connectivity index (χ1) is 11.0. The zero-order valence-corrected chi connectivity index (χ0v) is 15.0. The lowest BCUT2D eigenvalue weighted by Gasteiger charge is -2.03. The summed E-state index contributed by atoms with van der Waals surface area (Å²) in [4.78, 5) is 16.8. The van der Waals surface area contributed by atoms with Crippen molar-refractivity contribution in [1.29, 1.82) is 0 Å². The molecule has 0 spiro atoms. The Kier molecular flexibility index (Phi) is 6.89. The van der Waals surface area contributed by atoms with Crippen molar-refractivity contribution in [3.8, 4) is 0 Å². The lowest BCUT2D eigenvalue weighted by molar-refractivity contribution is -0.115. The zero-order chi connectivity index (χ0) is 16.7. The maximum absolute atomic E-state index is 11.7. The molecule has 0 bridgehead atoms. The predicted molar refractivity (Wildman–Crippen MR) is 97.1 cm³/mol. The molecule has 120 valence electrons. The van der Waals surface area contributed by atoms with Crippen LogP contribution in [-0.2, 0) is 16.2 Å².